The smallest absolute Gasteiger partial charge is 0.0537 e. The molecule has 8 aromatic rings. The van der Waals surface area contributed by atoms with Crippen molar-refractivity contribution in [1.82, 2.24) is 4.57 Å². The molecule has 0 fully saturated rings. The third-order valence-corrected chi connectivity index (χ3v) is 8.83. The molecular weight excluding hydrogens is 506 g/mol. The number of hydrogen-bond donors (Lipinski definition) is 0. The average molecular weight is 538 g/mol. The second-order valence-electron chi connectivity index (χ2n) is 11.3. The summed E-state index contributed by atoms with van der Waals surface area (Å²) in [6.45, 7) is 4.42. The first-order valence-electron chi connectivity index (χ1n) is 14.9. The third kappa shape index (κ3) is 3.78. The molecular formula is C41H31N. The monoisotopic (exact) mass is 537 g/mol. The van der Waals surface area contributed by atoms with Gasteiger partial charge in [0.15, 0.2) is 0 Å². The average Bonchev–Trinajstić information content (AvgIpc) is 3.33. The van der Waals surface area contributed by atoms with Crippen molar-refractivity contribution < 1.29 is 0 Å². The van der Waals surface area contributed by atoms with Gasteiger partial charge in [-0.25, -0.2) is 0 Å². The van der Waals surface area contributed by atoms with Crippen molar-refractivity contribution in [3.05, 3.63) is 145 Å². The Hall–Kier alpha value is -5.14. The molecule has 0 spiro atoms. The van der Waals surface area contributed by atoms with Gasteiger partial charge in [0.25, 0.3) is 0 Å². The summed E-state index contributed by atoms with van der Waals surface area (Å²) in [5.41, 5.74) is 9.94. The summed E-state index contributed by atoms with van der Waals surface area (Å²) in [7, 11) is 0. The summed E-state index contributed by atoms with van der Waals surface area (Å²) in [5, 5.41) is 9.23. The van der Waals surface area contributed by atoms with Gasteiger partial charge in [0.1, 0.15) is 0 Å². The number of benzene rings is 7. The van der Waals surface area contributed by atoms with E-state index in [4.69, 9.17) is 0 Å². The summed E-state index contributed by atoms with van der Waals surface area (Å²) in [6, 6.07) is 47.0. The Morgan fingerprint density at radius 1 is 0.571 bits per heavy atom. The van der Waals surface area contributed by atoms with Gasteiger partial charge in [-0.3, -0.25) is 0 Å². The van der Waals surface area contributed by atoms with E-state index in [2.05, 4.69) is 158 Å². The van der Waals surface area contributed by atoms with Crippen molar-refractivity contribution in [2.75, 3.05) is 0 Å². The SMILES string of the molecule is CCC=Cc1c(C)c2ccccc2n1-c1cccc(-c2cccc(-c3ccc4ccc5cccc6ccc3c4c56)c2)c1. The van der Waals surface area contributed by atoms with Crippen LogP contribution < -0.4 is 0 Å². The molecule has 0 amide bonds. The van der Waals surface area contributed by atoms with E-state index in [9.17, 15) is 0 Å². The van der Waals surface area contributed by atoms with Gasteiger partial charge < -0.3 is 4.57 Å². The second kappa shape index (κ2) is 9.75. The van der Waals surface area contributed by atoms with E-state index in [1.807, 2.05) is 0 Å². The molecule has 7 aromatic carbocycles. The third-order valence-electron chi connectivity index (χ3n) is 8.83. The van der Waals surface area contributed by atoms with E-state index in [-0.39, 0.29) is 0 Å². The van der Waals surface area contributed by atoms with Crippen LogP contribution in [0.3, 0.4) is 0 Å². The largest absolute Gasteiger partial charge is 0.310 e. The molecule has 0 bridgehead atoms. The first-order chi connectivity index (χ1) is 20.7. The Morgan fingerprint density at radius 2 is 1.24 bits per heavy atom. The van der Waals surface area contributed by atoms with Crippen LogP contribution in [0.4, 0.5) is 0 Å². The lowest BCUT2D eigenvalue weighted by Gasteiger charge is -2.15. The van der Waals surface area contributed by atoms with Gasteiger partial charge in [0, 0.05) is 16.8 Å². The number of hydrogen-bond acceptors (Lipinski definition) is 0. The zero-order valence-corrected chi connectivity index (χ0v) is 23.9. The highest BCUT2D eigenvalue weighted by atomic mass is 15.0. The number of rotatable bonds is 5. The van der Waals surface area contributed by atoms with Crippen molar-refractivity contribution in [3.8, 4) is 27.9 Å². The summed E-state index contributed by atoms with van der Waals surface area (Å²) in [4.78, 5) is 0. The van der Waals surface area contributed by atoms with Crippen LogP contribution in [-0.4, -0.2) is 4.57 Å². The molecule has 200 valence electrons. The number of allylic oxidation sites excluding steroid dienone is 1. The molecule has 42 heavy (non-hydrogen) atoms. The Balaban J connectivity index is 1.28. The van der Waals surface area contributed by atoms with Gasteiger partial charge >= 0.3 is 0 Å². The summed E-state index contributed by atoms with van der Waals surface area (Å²) in [5.74, 6) is 0. The van der Waals surface area contributed by atoms with Crippen LogP contribution in [-0.2, 0) is 0 Å². The summed E-state index contributed by atoms with van der Waals surface area (Å²) < 4.78 is 2.41. The predicted octanol–water partition coefficient (Wildman–Crippen LogP) is 11.6. The fourth-order valence-electron chi connectivity index (χ4n) is 6.81. The molecule has 1 nitrogen and oxygen atoms in total. The van der Waals surface area contributed by atoms with Crippen molar-refractivity contribution >= 4 is 49.3 Å². The Bertz CT molecular complexity index is 2280. The Labute approximate surface area is 246 Å². The van der Waals surface area contributed by atoms with Gasteiger partial charge in [-0.1, -0.05) is 116 Å². The van der Waals surface area contributed by atoms with E-state index >= 15 is 0 Å². The summed E-state index contributed by atoms with van der Waals surface area (Å²) >= 11 is 0. The fraction of sp³-hybridized carbons (Fsp3) is 0.0732. The first-order valence-corrected chi connectivity index (χ1v) is 14.9. The molecule has 0 aliphatic rings. The standard InChI is InChI=1S/C41H31N/c1-3-4-17-38-27(2)35-16-5-6-18-39(35)42(38)34-15-9-13-32(26-34)31-12-8-14-33(25-31)36-23-21-30-20-19-28-10-7-11-29-22-24-37(36)41(30)40(28)29/h4-26H,3H2,1-2H3. The number of aromatic nitrogens is 1. The van der Waals surface area contributed by atoms with Crippen LogP contribution in [0.15, 0.2) is 133 Å². The maximum atomic E-state index is 2.41. The van der Waals surface area contributed by atoms with E-state index < -0.39 is 0 Å². The maximum absolute atomic E-state index is 2.41. The van der Waals surface area contributed by atoms with Gasteiger partial charge in [-0.2, -0.15) is 0 Å². The minimum absolute atomic E-state index is 1.01. The number of para-hydroxylation sites is 1. The van der Waals surface area contributed by atoms with Gasteiger partial charge in [-0.05, 0) is 104 Å². The van der Waals surface area contributed by atoms with Gasteiger partial charge in [0.05, 0.1) is 5.52 Å². The molecule has 0 saturated heterocycles. The lowest BCUT2D eigenvalue weighted by Crippen LogP contribution is -1.97. The molecule has 1 aromatic heterocycles. The van der Waals surface area contributed by atoms with Crippen molar-refractivity contribution in [3.63, 3.8) is 0 Å². The molecule has 0 aliphatic heterocycles. The van der Waals surface area contributed by atoms with Crippen LogP contribution >= 0.6 is 0 Å². The molecule has 0 aliphatic carbocycles. The van der Waals surface area contributed by atoms with E-state index in [1.165, 1.54) is 82.4 Å². The van der Waals surface area contributed by atoms with Crippen LogP contribution in [0, 0.1) is 6.92 Å². The van der Waals surface area contributed by atoms with Crippen LogP contribution in [0.2, 0.25) is 0 Å². The lowest BCUT2D eigenvalue weighted by molar-refractivity contribution is 1.09. The molecule has 8 rings (SSSR count). The van der Waals surface area contributed by atoms with Crippen LogP contribution in [0.1, 0.15) is 24.6 Å². The first kappa shape index (κ1) is 24.6. The number of nitrogens with zero attached hydrogens (tertiary/aromatic N) is 1. The van der Waals surface area contributed by atoms with Crippen molar-refractivity contribution in [2.24, 2.45) is 0 Å². The Morgan fingerprint density at radius 3 is 2.07 bits per heavy atom. The van der Waals surface area contributed by atoms with E-state index in [0.29, 0.717) is 0 Å². The van der Waals surface area contributed by atoms with Gasteiger partial charge in [0.2, 0.25) is 0 Å². The Kier molecular flexibility index (Phi) is 5.72. The molecule has 0 saturated carbocycles. The highest BCUT2D eigenvalue weighted by Gasteiger charge is 2.15. The molecule has 0 unspecified atom stereocenters. The normalized spacial score (nSPS) is 12.0. The molecule has 1 heterocycles. The number of aryl methyl sites for hydroxylation is 1. The molecule has 0 N–H and O–H groups in total. The van der Waals surface area contributed by atoms with Crippen molar-refractivity contribution in [1.29, 1.82) is 0 Å². The van der Waals surface area contributed by atoms with Crippen LogP contribution in [0.5, 0.6) is 0 Å². The highest BCUT2D eigenvalue weighted by Crippen LogP contribution is 2.40. The highest BCUT2D eigenvalue weighted by molar-refractivity contribution is 6.25. The van der Waals surface area contributed by atoms with E-state index in [0.717, 1.165) is 6.42 Å². The minimum atomic E-state index is 1.01. The van der Waals surface area contributed by atoms with E-state index in [1.54, 1.807) is 0 Å². The second-order valence-corrected chi connectivity index (χ2v) is 11.3. The predicted molar refractivity (Wildman–Crippen MR) is 182 cm³/mol. The fourth-order valence-corrected chi connectivity index (χ4v) is 6.81. The number of fused-ring (bicyclic) bond motifs is 1. The van der Waals surface area contributed by atoms with Crippen LogP contribution in [0.25, 0.3) is 77.2 Å². The molecule has 0 radical (unpaired) electrons. The zero-order valence-electron chi connectivity index (χ0n) is 23.9. The quantitative estimate of drug-likeness (QED) is 0.192. The van der Waals surface area contributed by atoms with Crippen molar-refractivity contribution in [2.45, 2.75) is 20.3 Å². The molecule has 1 heteroatoms. The summed E-state index contributed by atoms with van der Waals surface area (Å²) in [6.07, 6.45) is 5.54. The zero-order chi connectivity index (χ0) is 28.2. The minimum Gasteiger partial charge on any atom is -0.310 e. The maximum Gasteiger partial charge on any atom is 0.0537 e. The lowest BCUT2D eigenvalue weighted by atomic mass is 9.89. The molecule has 0 atom stereocenters. The van der Waals surface area contributed by atoms with Gasteiger partial charge in [-0.15, -0.1) is 0 Å². The topological polar surface area (TPSA) is 4.93 Å².